The van der Waals surface area contributed by atoms with E-state index in [1.807, 2.05) is 24.4 Å². The molecule has 0 saturated heterocycles. The summed E-state index contributed by atoms with van der Waals surface area (Å²) < 4.78 is 2.30. The van der Waals surface area contributed by atoms with Crippen LogP contribution in [0.15, 0.2) is 103 Å². The van der Waals surface area contributed by atoms with Crippen LogP contribution in [-0.4, -0.2) is 14.5 Å². The highest BCUT2D eigenvalue weighted by atomic mass is 15.1. The van der Waals surface area contributed by atoms with E-state index in [0.29, 0.717) is 0 Å². The summed E-state index contributed by atoms with van der Waals surface area (Å²) >= 11 is 0. The van der Waals surface area contributed by atoms with E-state index < -0.39 is 0 Å². The number of hydrogen-bond acceptors (Lipinski definition) is 2. The van der Waals surface area contributed by atoms with Crippen molar-refractivity contribution < 1.29 is 0 Å². The smallest absolute Gasteiger partial charge is 0.164 e. The van der Waals surface area contributed by atoms with Crippen molar-refractivity contribution in [3.8, 4) is 28.3 Å². The second kappa shape index (κ2) is 6.88. The number of imidazole rings is 1. The Labute approximate surface area is 198 Å². The van der Waals surface area contributed by atoms with Crippen LogP contribution < -0.4 is 0 Å². The molecule has 162 valence electrons. The second-order valence-electron chi connectivity index (χ2n) is 9.58. The molecule has 6 aromatic rings. The number of aromatic nitrogens is 3. The number of pyridine rings is 1. The molecule has 0 unspecified atom stereocenters. The standard InChI is InChI=1S/C31H23N3/c1-31(2)24-10-7-12-26-29(24)34(30(33-26)27-11-5-6-17-32-27)28-16-15-23(19-25(28)31)22-14-13-20-8-3-4-9-21(20)18-22/h3-19H,1-2H3. The lowest BCUT2D eigenvalue weighted by atomic mass is 9.74. The molecule has 0 spiro atoms. The lowest BCUT2D eigenvalue weighted by Crippen LogP contribution is -2.26. The number of benzene rings is 4. The van der Waals surface area contributed by atoms with Crippen molar-refractivity contribution in [2.75, 3.05) is 0 Å². The van der Waals surface area contributed by atoms with Crippen LogP contribution in [0.5, 0.6) is 0 Å². The van der Waals surface area contributed by atoms with E-state index in [1.165, 1.54) is 44.2 Å². The van der Waals surface area contributed by atoms with Crippen LogP contribution >= 0.6 is 0 Å². The fraction of sp³-hybridized carbons (Fsp3) is 0.0968. The maximum Gasteiger partial charge on any atom is 0.164 e. The first-order valence-electron chi connectivity index (χ1n) is 11.7. The lowest BCUT2D eigenvalue weighted by molar-refractivity contribution is 0.629. The first-order chi connectivity index (χ1) is 16.6. The molecule has 0 amide bonds. The Morgan fingerprint density at radius 1 is 0.676 bits per heavy atom. The molecule has 7 rings (SSSR count). The van der Waals surface area contributed by atoms with Gasteiger partial charge in [-0.25, -0.2) is 4.98 Å². The fourth-order valence-corrected chi connectivity index (χ4v) is 5.46. The monoisotopic (exact) mass is 437 g/mol. The molecule has 0 aliphatic carbocycles. The van der Waals surface area contributed by atoms with Crippen molar-refractivity contribution >= 4 is 21.8 Å². The molecule has 3 heterocycles. The molecule has 1 aliphatic heterocycles. The van der Waals surface area contributed by atoms with Crippen LogP contribution in [0.4, 0.5) is 0 Å². The minimum Gasteiger partial charge on any atom is -0.290 e. The summed E-state index contributed by atoms with van der Waals surface area (Å²) in [5.41, 5.74) is 9.15. The van der Waals surface area contributed by atoms with Gasteiger partial charge in [-0.3, -0.25) is 9.55 Å². The molecule has 0 saturated carbocycles. The lowest BCUT2D eigenvalue weighted by Gasteiger charge is -2.35. The Morgan fingerprint density at radius 3 is 2.32 bits per heavy atom. The average molecular weight is 438 g/mol. The first kappa shape index (κ1) is 19.2. The van der Waals surface area contributed by atoms with E-state index >= 15 is 0 Å². The van der Waals surface area contributed by atoms with Crippen molar-refractivity contribution in [3.63, 3.8) is 0 Å². The van der Waals surface area contributed by atoms with Gasteiger partial charge in [-0.15, -0.1) is 0 Å². The molecule has 0 radical (unpaired) electrons. The van der Waals surface area contributed by atoms with E-state index in [1.54, 1.807) is 0 Å². The highest BCUT2D eigenvalue weighted by Crippen LogP contribution is 2.46. The van der Waals surface area contributed by atoms with Gasteiger partial charge in [0.05, 0.1) is 16.7 Å². The molecular formula is C31H23N3. The normalized spacial score (nSPS) is 13.8. The van der Waals surface area contributed by atoms with Crippen molar-refractivity contribution in [1.29, 1.82) is 0 Å². The SMILES string of the molecule is CC1(C)c2cc(-c3ccc4ccccc4c3)ccc2-n2c(-c3ccccn3)nc3cccc1c32. The zero-order chi connectivity index (χ0) is 22.9. The Balaban J connectivity index is 1.50. The van der Waals surface area contributed by atoms with Gasteiger partial charge < -0.3 is 0 Å². The quantitative estimate of drug-likeness (QED) is 0.280. The summed E-state index contributed by atoms with van der Waals surface area (Å²) in [6, 6.07) is 34.6. The van der Waals surface area contributed by atoms with Crippen LogP contribution in [0, 0.1) is 0 Å². The van der Waals surface area contributed by atoms with E-state index in [-0.39, 0.29) is 5.41 Å². The Kier molecular flexibility index (Phi) is 3.89. The van der Waals surface area contributed by atoms with E-state index in [2.05, 4.69) is 102 Å². The molecular weight excluding hydrogens is 414 g/mol. The minimum atomic E-state index is -0.154. The van der Waals surface area contributed by atoms with Gasteiger partial charge in [-0.05, 0) is 69.4 Å². The summed E-state index contributed by atoms with van der Waals surface area (Å²) in [5, 5.41) is 2.52. The predicted molar refractivity (Wildman–Crippen MR) is 139 cm³/mol. The molecule has 0 bridgehead atoms. The van der Waals surface area contributed by atoms with Crippen LogP contribution in [-0.2, 0) is 5.41 Å². The van der Waals surface area contributed by atoms with Gasteiger partial charge in [0.25, 0.3) is 0 Å². The van der Waals surface area contributed by atoms with Crippen molar-refractivity contribution in [2.45, 2.75) is 19.3 Å². The zero-order valence-corrected chi connectivity index (χ0v) is 19.2. The number of nitrogens with zero attached hydrogens (tertiary/aromatic N) is 3. The Bertz CT molecular complexity index is 1730. The zero-order valence-electron chi connectivity index (χ0n) is 19.2. The number of fused-ring (bicyclic) bond motifs is 3. The summed E-state index contributed by atoms with van der Waals surface area (Å²) in [6.07, 6.45) is 1.83. The van der Waals surface area contributed by atoms with Crippen LogP contribution in [0.2, 0.25) is 0 Å². The third kappa shape index (κ3) is 2.64. The summed E-state index contributed by atoms with van der Waals surface area (Å²) in [4.78, 5) is 9.66. The van der Waals surface area contributed by atoms with Gasteiger partial charge >= 0.3 is 0 Å². The molecule has 0 atom stereocenters. The maximum atomic E-state index is 5.03. The fourth-order valence-electron chi connectivity index (χ4n) is 5.46. The first-order valence-corrected chi connectivity index (χ1v) is 11.7. The van der Waals surface area contributed by atoms with Gasteiger partial charge in [-0.1, -0.05) is 74.5 Å². The number of rotatable bonds is 2. The summed E-state index contributed by atoms with van der Waals surface area (Å²) in [7, 11) is 0. The molecule has 34 heavy (non-hydrogen) atoms. The average Bonchev–Trinajstić information content (AvgIpc) is 3.28. The van der Waals surface area contributed by atoms with E-state index in [9.17, 15) is 0 Å². The highest BCUT2D eigenvalue weighted by molar-refractivity contribution is 5.91. The summed E-state index contributed by atoms with van der Waals surface area (Å²) in [5.74, 6) is 0.887. The third-order valence-electron chi connectivity index (χ3n) is 7.24. The predicted octanol–water partition coefficient (Wildman–Crippen LogP) is 7.55. The largest absolute Gasteiger partial charge is 0.290 e. The van der Waals surface area contributed by atoms with Gasteiger partial charge in [-0.2, -0.15) is 0 Å². The highest BCUT2D eigenvalue weighted by Gasteiger charge is 2.36. The van der Waals surface area contributed by atoms with Crippen molar-refractivity contribution in [3.05, 3.63) is 114 Å². The number of hydrogen-bond donors (Lipinski definition) is 0. The second-order valence-corrected chi connectivity index (χ2v) is 9.58. The molecule has 0 N–H and O–H groups in total. The third-order valence-corrected chi connectivity index (χ3v) is 7.24. The molecule has 2 aromatic heterocycles. The Morgan fingerprint density at radius 2 is 1.47 bits per heavy atom. The van der Waals surface area contributed by atoms with Gasteiger partial charge in [0, 0.05) is 11.6 Å². The molecule has 3 nitrogen and oxygen atoms in total. The Hall–Kier alpha value is -4.24. The number of para-hydroxylation sites is 1. The maximum absolute atomic E-state index is 5.03. The van der Waals surface area contributed by atoms with Gasteiger partial charge in [0.15, 0.2) is 5.82 Å². The van der Waals surface area contributed by atoms with Crippen molar-refractivity contribution in [1.82, 2.24) is 14.5 Å². The summed E-state index contributed by atoms with van der Waals surface area (Å²) in [6.45, 7) is 4.64. The molecule has 4 aromatic carbocycles. The molecule has 0 fully saturated rings. The van der Waals surface area contributed by atoms with Crippen LogP contribution in [0.3, 0.4) is 0 Å². The van der Waals surface area contributed by atoms with Gasteiger partial charge in [0.1, 0.15) is 5.69 Å². The van der Waals surface area contributed by atoms with Crippen LogP contribution in [0.25, 0.3) is 50.1 Å². The van der Waals surface area contributed by atoms with Crippen molar-refractivity contribution in [2.24, 2.45) is 0 Å². The molecule has 3 heteroatoms. The van der Waals surface area contributed by atoms with E-state index in [0.717, 1.165) is 17.0 Å². The molecule has 1 aliphatic rings. The minimum absolute atomic E-state index is 0.154. The van der Waals surface area contributed by atoms with Gasteiger partial charge in [0.2, 0.25) is 0 Å². The van der Waals surface area contributed by atoms with Crippen LogP contribution in [0.1, 0.15) is 25.0 Å². The topological polar surface area (TPSA) is 30.7 Å². The van der Waals surface area contributed by atoms with E-state index in [4.69, 9.17) is 4.98 Å².